The van der Waals surface area contributed by atoms with Crippen molar-refractivity contribution in [3.8, 4) is 0 Å². The molecule has 0 saturated carbocycles. The van der Waals surface area contributed by atoms with Crippen LogP contribution in [0.5, 0.6) is 0 Å². The molecule has 0 N–H and O–H groups in total. The first-order valence-corrected chi connectivity index (χ1v) is 5.58. The predicted octanol–water partition coefficient (Wildman–Crippen LogP) is 1.94. The molecule has 0 aliphatic heterocycles. The Bertz CT molecular complexity index is 303. The van der Waals surface area contributed by atoms with Gasteiger partial charge in [0.25, 0.3) is 0 Å². The van der Waals surface area contributed by atoms with Gasteiger partial charge in [-0.05, 0) is 12.1 Å². The van der Waals surface area contributed by atoms with Gasteiger partial charge in [-0.3, -0.25) is 0 Å². The second-order valence-corrected chi connectivity index (χ2v) is 5.57. The Balaban J connectivity index is 3.25. The lowest BCUT2D eigenvalue weighted by Gasteiger charge is -1.99. The lowest BCUT2D eigenvalue weighted by atomic mass is 10.3. The van der Waals surface area contributed by atoms with Crippen LogP contribution in [0.25, 0.3) is 0 Å². The summed E-state index contributed by atoms with van der Waals surface area (Å²) in [4.78, 5) is 0.306. The Labute approximate surface area is 66.7 Å². The van der Waals surface area contributed by atoms with Crippen molar-refractivity contribution in [3.63, 3.8) is 0 Å². The van der Waals surface area contributed by atoms with Gasteiger partial charge in [-0.2, -0.15) is 0 Å². The summed E-state index contributed by atoms with van der Waals surface area (Å²) < 4.78 is 24.3. The smallest absolute Gasteiger partial charge is 0.193 e. The van der Waals surface area contributed by atoms with Crippen LogP contribution in [0.3, 0.4) is 0 Å². The topological polar surface area (TPSA) is 17.1 Å². The molecule has 0 bridgehead atoms. The Kier molecular flexibility index (Phi) is 2.09. The van der Waals surface area contributed by atoms with E-state index in [1.165, 1.54) is 18.6 Å². The average Bonchev–Trinajstić information content (AvgIpc) is 1.86. The lowest BCUT2D eigenvalue weighted by Crippen LogP contribution is -2.07. The van der Waals surface area contributed by atoms with Gasteiger partial charge in [0.05, 0.1) is 0 Å². The third-order valence-corrected chi connectivity index (χ3v) is 2.76. The summed E-state index contributed by atoms with van der Waals surface area (Å²) in [7, 11) is -2.16. The Hall–Kier alpha value is -0.700. The molecule has 0 radical (unpaired) electrons. The zero-order chi connectivity index (χ0) is 8.48. The highest BCUT2D eigenvalue weighted by Gasteiger charge is 2.21. The van der Waals surface area contributed by atoms with Gasteiger partial charge in [-0.1, -0.05) is 12.1 Å². The van der Waals surface area contributed by atoms with Crippen LogP contribution in [0.1, 0.15) is 0 Å². The summed E-state index contributed by atoms with van der Waals surface area (Å²) in [6.07, 6.45) is 3.07. The van der Waals surface area contributed by atoms with Crippen molar-refractivity contribution in [1.29, 1.82) is 0 Å². The van der Waals surface area contributed by atoms with E-state index in [1.54, 1.807) is 18.2 Å². The molecule has 0 amide bonds. The minimum absolute atomic E-state index is 0.306. The first-order chi connectivity index (χ1) is 5.02. The maximum Gasteiger partial charge on any atom is 0.193 e. The van der Waals surface area contributed by atoms with Crippen LogP contribution in [0.2, 0.25) is 0 Å². The fourth-order valence-electron chi connectivity index (χ4n) is 0.843. The molecule has 60 valence electrons. The zero-order valence-electron chi connectivity index (χ0n) is 6.50. The van der Waals surface area contributed by atoms with Gasteiger partial charge < -0.3 is 0 Å². The molecule has 0 spiro atoms. The fraction of sp³-hybridized carbons (Fsp3) is 0.250. The largest absolute Gasteiger partial charge is 0.201 e. The van der Waals surface area contributed by atoms with Gasteiger partial charge >= 0.3 is 0 Å². The molecule has 1 aromatic carbocycles. The van der Waals surface area contributed by atoms with Gasteiger partial charge in [-0.15, -0.1) is 4.21 Å². The van der Waals surface area contributed by atoms with E-state index < -0.39 is 9.93 Å². The molecule has 0 unspecified atom stereocenters. The predicted molar refractivity (Wildman–Crippen MR) is 44.6 cm³/mol. The summed E-state index contributed by atoms with van der Waals surface area (Å²) in [5.74, 6) is -0.387. The molecular weight excluding hydrogens is 163 g/mol. The average molecular weight is 173 g/mol. The second-order valence-electron chi connectivity index (χ2n) is 2.66. The number of rotatable bonds is 1. The van der Waals surface area contributed by atoms with E-state index in [-0.39, 0.29) is 5.82 Å². The molecule has 1 rings (SSSR count). The zero-order valence-corrected chi connectivity index (χ0v) is 7.32. The molecular formula is C8H10FOS+. The molecule has 0 aliphatic rings. The van der Waals surface area contributed by atoms with E-state index in [0.717, 1.165) is 0 Å². The SMILES string of the molecule is C[S+](C)(=O)c1ccccc1F. The molecule has 0 aliphatic carbocycles. The molecule has 1 nitrogen and oxygen atoms in total. The fourth-order valence-corrected chi connectivity index (χ4v) is 1.79. The standard InChI is InChI=1S/C8H10FOS/c1-11(2,10)8-6-4-3-5-7(8)9/h3-6H,1-2H3/q+1. The molecule has 0 saturated heterocycles. The first kappa shape index (κ1) is 8.40. The van der Waals surface area contributed by atoms with E-state index in [1.807, 2.05) is 0 Å². The van der Waals surface area contributed by atoms with Crippen LogP contribution in [-0.4, -0.2) is 12.5 Å². The number of halogens is 1. The second kappa shape index (κ2) is 2.74. The molecule has 11 heavy (non-hydrogen) atoms. The molecule has 3 heteroatoms. The van der Waals surface area contributed by atoms with Gasteiger partial charge in [0.1, 0.15) is 22.4 Å². The normalized spacial score (nSPS) is 11.5. The third kappa shape index (κ3) is 1.87. The van der Waals surface area contributed by atoms with Crippen LogP contribution in [0.4, 0.5) is 4.39 Å². The minimum Gasteiger partial charge on any atom is -0.201 e. The van der Waals surface area contributed by atoms with Crippen molar-refractivity contribution in [2.75, 3.05) is 12.5 Å². The van der Waals surface area contributed by atoms with E-state index in [4.69, 9.17) is 0 Å². The summed E-state index contributed by atoms with van der Waals surface area (Å²) in [6.45, 7) is 0. The van der Waals surface area contributed by atoms with Gasteiger partial charge in [0.15, 0.2) is 10.7 Å². The van der Waals surface area contributed by atoms with Gasteiger partial charge in [0.2, 0.25) is 0 Å². The summed E-state index contributed by atoms with van der Waals surface area (Å²) >= 11 is 0. The van der Waals surface area contributed by atoms with Crippen LogP contribution in [0, 0.1) is 5.82 Å². The molecule has 0 aromatic heterocycles. The quantitative estimate of drug-likeness (QED) is 0.593. The molecule has 0 heterocycles. The van der Waals surface area contributed by atoms with Crippen molar-refractivity contribution in [2.45, 2.75) is 4.90 Å². The van der Waals surface area contributed by atoms with E-state index >= 15 is 0 Å². The monoisotopic (exact) mass is 173 g/mol. The minimum atomic E-state index is -2.16. The van der Waals surface area contributed by atoms with Crippen LogP contribution in [0.15, 0.2) is 29.2 Å². The van der Waals surface area contributed by atoms with E-state index in [2.05, 4.69) is 0 Å². The maximum atomic E-state index is 12.9. The van der Waals surface area contributed by atoms with E-state index in [0.29, 0.717) is 4.90 Å². The highest BCUT2D eigenvalue weighted by Crippen LogP contribution is 2.16. The van der Waals surface area contributed by atoms with Gasteiger partial charge in [0, 0.05) is 0 Å². The molecule has 0 atom stereocenters. The molecule has 0 fully saturated rings. The Morgan fingerprint density at radius 2 is 1.82 bits per heavy atom. The number of hydrogen-bond donors (Lipinski definition) is 0. The lowest BCUT2D eigenvalue weighted by molar-refractivity contribution is 0.571. The summed E-state index contributed by atoms with van der Waals surface area (Å²) in [5, 5.41) is 0. The van der Waals surface area contributed by atoms with Crippen molar-refractivity contribution >= 4 is 9.93 Å². The van der Waals surface area contributed by atoms with Crippen molar-refractivity contribution in [2.24, 2.45) is 0 Å². The van der Waals surface area contributed by atoms with Crippen LogP contribution < -0.4 is 0 Å². The Morgan fingerprint density at radius 3 is 2.18 bits per heavy atom. The summed E-state index contributed by atoms with van der Waals surface area (Å²) in [6, 6.07) is 6.15. The highest BCUT2D eigenvalue weighted by molar-refractivity contribution is 8.01. The number of benzene rings is 1. The summed E-state index contributed by atoms with van der Waals surface area (Å²) in [5.41, 5.74) is 0. The Morgan fingerprint density at radius 1 is 1.27 bits per heavy atom. The van der Waals surface area contributed by atoms with Crippen molar-refractivity contribution in [3.05, 3.63) is 30.1 Å². The van der Waals surface area contributed by atoms with Gasteiger partial charge in [-0.25, -0.2) is 4.39 Å². The first-order valence-electron chi connectivity index (χ1n) is 3.20. The van der Waals surface area contributed by atoms with E-state index in [9.17, 15) is 8.60 Å². The third-order valence-electron chi connectivity index (χ3n) is 1.37. The van der Waals surface area contributed by atoms with Crippen molar-refractivity contribution < 1.29 is 8.60 Å². The van der Waals surface area contributed by atoms with Crippen LogP contribution in [-0.2, 0) is 14.1 Å². The number of hydrogen-bond acceptors (Lipinski definition) is 1. The molecule has 1 aromatic rings. The van der Waals surface area contributed by atoms with Crippen LogP contribution >= 0.6 is 0 Å². The van der Waals surface area contributed by atoms with Crippen molar-refractivity contribution in [1.82, 2.24) is 0 Å². The highest BCUT2D eigenvalue weighted by atomic mass is 32.2. The maximum absolute atomic E-state index is 12.9.